The molecule has 156 valence electrons. The Morgan fingerprint density at radius 2 is 1.87 bits per heavy atom. The second-order valence-corrected chi connectivity index (χ2v) is 8.51. The summed E-state index contributed by atoms with van der Waals surface area (Å²) in [6.07, 6.45) is 8.71. The van der Waals surface area contributed by atoms with Gasteiger partial charge in [0.1, 0.15) is 5.75 Å². The highest BCUT2D eigenvalue weighted by molar-refractivity contribution is 5.76. The lowest BCUT2D eigenvalue weighted by Gasteiger charge is -2.41. The molecule has 0 radical (unpaired) electrons. The summed E-state index contributed by atoms with van der Waals surface area (Å²) >= 11 is 0. The van der Waals surface area contributed by atoms with Crippen LogP contribution in [0.2, 0.25) is 0 Å². The van der Waals surface area contributed by atoms with E-state index in [4.69, 9.17) is 11.2 Å². The Kier molecular flexibility index (Phi) is 6.28. The number of rotatable bonds is 9. The first-order chi connectivity index (χ1) is 14.6. The molecule has 2 aromatic carbocycles. The lowest BCUT2D eigenvalue weighted by Crippen LogP contribution is -2.45. The molecule has 1 amide bonds. The average molecular weight is 403 g/mol. The van der Waals surface area contributed by atoms with Crippen molar-refractivity contribution in [2.75, 3.05) is 24.6 Å². The van der Waals surface area contributed by atoms with E-state index >= 15 is 0 Å². The molecule has 2 aliphatic rings. The zero-order valence-electron chi connectivity index (χ0n) is 17.6. The molecule has 1 saturated carbocycles. The molecule has 4 heteroatoms. The lowest BCUT2D eigenvalue weighted by atomic mass is 9.90. The van der Waals surface area contributed by atoms with Gasteiger partial charge in [-0.2, -0.15) is 0 Å². The van der Waals surface area contributed by atoms with Crippen LogP contribution < -0.4 is 15.0 Å². The predicted octanol–water partition coefficient (Wildman–Crippen LogP) is 4.67. The Hall–Kier alpha value is -2.93. The molecular formula is C26H30N2O2. The van der Waals surface area contributed by atoms with E-state index in [1.54, 1.807) is 0 Å². The summed E-state index contributed by atoms with van der Waals surface area (Å²) in [7, 11) is 0. The number of carbonyl (C=O) groups is 1. The minimum Gasteiger partial charge on any atom is -0.493 e. The Balaban J connectivity index is 1.25. The van der Waals surface area contributed by atoms with Crippen LogP contribution in [0.25, 0.3) is 0 Å². The van der Waals surface area contributed by atoms with E-state index in [0.717, 1.165) is 36.9 Å². The molecule has 2 fully saturated rings. The second-order valence-electron chi connectivity index (χ2n) is 8.51. The number of hydrogen-bond acceptors (Lipinski definition) is 3. The fourth-order valence-corrected chi connectivity index (χ4v) is 3.79. The first-order valence-electron chi connectivity index (χ1n) is 10.9. The zero-order chi connectivity index (χ0) is 20.9. The molecule has 1 atom stereocenters. The van der Waals surface area contributed by atoms with Crippen LogP contribution in [0.5, 0.6) is 5.75 Å². The summed E-state index contributed by atoms with van der Waals surface area (Å²) in [5, 5.41) is 3.01. The van der Waals surface area contributed by atoms with Crippen LogP contribution in [-0.2, 0) is 4.79 Å². The topological polar surface area (TPSA) is 41.6 Å². The number of carbonyl (C=O) groups excluding carboxylic acids is 1. The SMILES string of the molecule is C#CCCC(=O)N[C@@H](C)c1ccc(C2CN(c3ccc(OCC4CC4)cc3)C2)cc1. The van der Waals surface area contributed by atoms with Crippen LogP contribution in [0, 0.1) is 18.3 Å². The zero-order valence-corrected chi connectivity index (χ0v) is 17.6. The maximum atomic E-state index is 11.9. The fourth-order valence-electron chi connectivity index (χ4n) is 3.79. The van der Waals surface area contributed by atoms with Gasteiger partial charge in [-0.05, 0) is 61.1 Å². The number of terminal acetylenes is 1. The van der Waals surface area contributed by atoms with E-state index in [2.05, 4.69) is 64.7 Å². The van der Waals surface area contributed by atoms with Gasteiger partial charge < -0.3 is 15.0 Å². The summed E-state index contributed by atoms with van der Waals surface area (Å²) < 4.78 is 5.83. The average Bonchev–Trinajstić information content (AvgIpc) is 3.55. The van der Waals surface area contributed by atoms with Crippen LogP contribution in [0.15, 0.2) is 48.5 Å². The van der Waals surface area contributed by atoms with Crippen molar-refractivity contribution < 1.29 is 9.53 Å². The first-order valence-corrected chi connectivity index (χ1v) is 10.9. The number of ether oxygens (including phenoxy) is 1. The van der Waals surface area contributed by atoms with Gasteiger partial charge in [-0.3, -0.25) is 4.79 Å². The smallest absolute Gasteiger partial charge is 0.221 e. The van der Waals surface area contributed by atoms with E-state index in [1.165, 1.54) is 24.1 Å². The molecular weight excluding hydrogens is 372 g/mol. The number of hydrogen-bond donors (Lipinski definition) is 1. The van der Waals surface area contributed by atoms with Gasteiger partial charge in [0.2, 0.25) is 5.91 Å². The number of amides is 1. The van der Waals surface area contributed by atoms with Crippen LogP contribution in [0.4, 0.5) is 5.69 Å². The molecule has 0 spiro atoms. The van der Waals surface area contributed by atoms with Crippen molar-refractivity contribution in [3.8, 4) is 18.1 Å². The van der Waals surface area contributed by atoms with E-state index in [9.17, 15) is 4.79 Å². The highest BCUT2D eigenvalue weighted by Gasteiger charge is 2.28. The molecule has 2 aromatic rings. The van der Waals surface area contributed by atoms with Crippen LogP contribution in [0.3, 0.4) is 0 Å². The molecule has 4 nitrogen and oxygen atoms in total. The quantitative estimate of drug-likeness (QED) is 0.620. The van der Waals surface area contributed by atoms with E-state index < -0.39 is 0 Å². The molecule has 1 heterocycles. The van der Waals surface area contributed by atoms with Gasteiger partial charge in [0.15, 0.2) is 0 Å². The van der Waals surface area contributed by atoms with Crippen molar-refractivity contribution in [3.05, 3.63) is 59.7 Å². The molecule has 0 unspecified atom stereocenters. The normalized spacial score (nSPS) is 17.0. The Morgan fingerprint density at radius 1 is 1.17 bits per heavy atom. The standard InChI is InChI=1S/C26H30N2O2/c1-3-4-5-26(29)27-19(2)21-8-10-22(11-9-21)23-16-28(17-23)24-12-14-25(15-13-24)30-18-20-6-7-20/h1,8-15,19-20,23H,4-7,16-18H2,2H3,(H,27,29)/t19-/m0/s1. The Bertz CT molecular complexity index is 888. The van der Waals surface area contributed by atoms with Gasteiger partial charge in [-0.1, -0.05) is 24.3 Å². The first kappa shape index (κ1) is 20.3. The van der Waals surface area contributed by atoms with Crippen molar-refractivity contribution >= 4 is 11.6 Å². The van der Waals surface area contributed by atoms with E-state index in [1.807, 2.05) is 6.92 Å². The largest absolute Gasteiger partial charge is 0.493 e. The summed E-state index contributed by atoms with van der Waals surface area (Å²) in [4.78, 5) is 14.3. The van der Waals surface area contributed by atoms with Gasteiger partial charge in [0.05, 0.1) is 12.6 Å². The summed E-state index contributed by atoms with van der Waals surface area (Å²) in [6, 6.07) is 17.1. The number of benzene rings is 2. The maximum Gasteiger partial charge on any atom is 0.221 e. The van der Waals surface area contributed by atoms with Crippen molar-refractivity contribution in [3.63, 3.8) is 0 Å². The summed E-state index contributed by atoms with van der Waals surface area (Å²) in [5.74, 6) is 4.80. The van der Waals surface area contributed by atoms with Crippen molar-refractivity contribution in [2.45, 2.75) is 44.6 Å². The van der Waals surface area contributed by atoms with Crippen LogP contribution in [0.1, 0.15) is 55.7 Å². The predicted molar refractivity (Wildman–Crippen MR) is 121 cm³/mol. The third-order valence-electron chi connectivity index (χ3n) is 6.05. The van der Waals surface area contributed by atoms with E-state index in [-0.39, 0.29) is 11.9 Å². The lowest BCUT2D eigenvalue weighted by molar-refractivity contribution is -0.121. The molecule has 1 saturated heterocycles. The summed E-state index contributed by atoms with van der Waals surface area (Å²) in [6.45, 7) is 4.92. The highest BCUT2D eigenvalue weighted by Crippen LogP contribution is 2.34. The Morgan fingerprint density at radius 3 is 2.50 bits per heavy atom. The molecule has 30 heavy (non-hydrogen) atoms. The fraction of sp³-hybridized carbons (Fsp3) is 0.423. The van der Waals surface area contributed by atoms with Gasteiger partial charge >= 0.3 is 0 Å². The van der Waals surface area contributed by atoms with Crippen molar-refractivity contribution in [1.29, 1.82) is 0 Å². The minimum absolute atomic E-state index is 0.00289. The summed E-state index contributed by atoms with van der Waals surface area (Å²) in [5.41, 5.74) is 3.72. The van der Waals surface area contributed by atoms with Crippen LogP contribution >= 0.6 is 0 Å². The van der Waals surface area contributed by atoms with Crippen LogP contribution in [-0.4, -0.2) is 25.6 Å². The van der Waals surface area contributed by atoms with Gasteiger partial charge in [-0.15, -0.1) is 12.3 Å². The second kappa shape index (κ2) is 9.26. The third kappa shape index (κ3) is 5.16. The monoisotopic (exact) mass is 402 g/mol. The van der Waals surface area contributed by atoms with Gasteiger partial charge in [0, 0.05) is 37.5 Å². The number of nitrogens with one attached hydrogen (secondary N) is 1. The molecule has 4 rings (SSSR count). The van der Waals surface area contributed by atoms with Crippen molar-refractivity contribution in [2.24, 2.45) is 5.92 Å². The van der Waals surface area contributed by atoms with Gasteiger partial charge in [0.25, 0.3) is 0 Å². The molecule has 1 N–H and O–H groups in total. The number of anilines is 1. The molecule has 1 aliphatic carbocycles. The number of nitrogens with zero attached hydrogens (tertiary/aromatic N) is 1. The molecule has 0 aromatic heterocycles. The maximum absolute atomic E-state index is 11.9. The Labute approximate surface area is 179 Å². The van der Waals surface area contributed by atoms with E-state index in [0.29, 0.717) is 18.8 Å². The third-order valence-corrected chi connectivity index (χ3v) is 6.05. The molecule has 1 aliphatic heterocycles. The minimum atomic E-state index is -0.0112. The highest BCUT2D eigenvalue weighted by atomic mass is 16.5. The molecule has 0 bridgehead atoms. The van der Waals surface area contributed by atoms with Gasteiger partial charge in [-0.25, -0.2) is 0 Å². The van der Waals surface area contributed by atoms with Crippen molar-refractivity contribution in [1.82, 2.24) is 5.32 Å².